The number of nitro benzene ring substituents is 1. The van der Waals surface area contributed by atoms with Gasteiger partial charge >= 0.3 is 0 Å². The van der Waals surface area contributed by atoms with Crippen molar-refractivity contribution in [2.24, 2.45) is 0 Å². The molecular weight excluding hydrogens is 279 g/mol. The van der Waals surface area contributed by atoms with Crippen molar-refractivity contribution in [1.82, 2.24) is 0 Å². The third-order valence-corrected chi connectivity index (χ3v) is 3.40. The number of nitrogens with zero attached hydrogens (tertiary/aromatic N) is 2. The lowest BCUT2D eigenvalue weighted by molar-refractivity contribution is -0.384. The van der Waals surface area contributed by atoms with Gasteiger partial charge in [0.25, 0.3) is 5.69 Å². The third-order valence-electron chi connectivity index (χ3n) is 3.40. The van der Waals surface area contributed by atoms with E-state index >= 15 is 0 Å². The molecule has 1 aliphatic rings. The van der Waals surface area contributed by atoms with E-state index < -0.39 is 10.7 Å². The number of morpholine rings is 1. The van der Waals surface area contributed by atoms with Gasteiger partial charge in [0.15, 0.2) is 0 Å². The first-order valence-electron chi connectivity index (χ1n) is 6.49. The summed E-state index contributed by atoms with van der Waals surface area (Å²) in [6.07, 6.45) is 1.26. The zero-order chi connectivity index (χ0) is 14.8. The fraction of sp³-hybridized carbons (Fsp3) is 0.286. The van der Waals surface area contributed by atoms with Crippen LogP contribution in [-0.2, 0) is 4.74 Å². The van der Waals surface area contributed by atoms with Crippen molar-refractivity contribution in [2.75, 3.05) is 24.6 Å². The molecule has 2 aromatic rings. The second kappa shape index (κ2) is 5.53. The van der Waals surface area contributed by atoms with E-state index in [9.17, 15) is 14.5 Å². The van der Waals surface area contributed by atoms with E-state index in [1.54, 1.807) is 18.4 Å². The van der Waals surface area contributed by atoms with Gasteiger partial charge in [0.05, 0.1) is 30.4 Å². The van der Waals surface area contributed by atoms with Gasteiger partial charge in [0, 0.05) is 6.54 Å². The van der Waals surface area contributed by atoms with E-state index in [0.717, 1.165) is 6.07 Å². The van der Waals surface area contributed by atoms with Crippen LogP contribution in [0, 0.1) is 15.9 Å². The number of benzene rings is 1. The lowest BCUT2D eigenvalue weighted by Crippen LogP contribution is -2.38. The zero-order valence-electron chi connectivity index (χ0n) is 11.1. The molecule has 0 N–H and O–H groups in total. The Hall–Kier alpha value is -2.41. The number of rotatable bonds is 3. The highest BCUT2D eigenvalue weighted by atomic mass is 19.1. The SMILES string of the molecule is O=[N+]([O-])c1cc(F)ccc1N1CCOC(c2ccco2)C1. The summed E-state index contributed by atoms with van der Waals surface area (Å²) in [5, 5.41) is 11.1. The molecule has 1 aromatic carbocycles. The maximum absolute atomic E-state index is 13.2. The molecule has 1 unspecified atom stereocenters. The smallest absolute Gasteiger partial charge is 0.295 e. The van der Waals surface area contributed by atoms with Crippen LogP contribution in [0.5, 0.6) is 0 Å². The highest BCUT2D eigenvalue weighted by Crippen LogP contribution is 2.32. The first-order chi connectivity index (χ1) is 10.1. The summed E-state index contributed by atoms with van der Waals surface area (Å²) in [7, 11) is 0. The largest absolute Gasteiger partial charge is 0.467 e. The molecule has 1 fully saturated rings. The Kier molecular flexibility index (Phi) is 3.57. The molecule has 110 valence electrons. The third kappa shape index (κ3) is 2.73. The lowest BCUT2D eigenvalue weighted by Gasteiger charge is -2.33. The molecule has 0 spiro atoms. The molecular formula is C14H13FN2O4. The normalized spacial score (nSPS) is 18.7. The first-order valence-corrected chi connectivity index (χ1v) is 6.49. The summed E-state index contributed by atoms with van der Waals surface area (Å²) in [6.45, 7) is 1.34. The van der Waals surface area contributed by atoms with Crippen molar-refractivity contribution in [3.8, 4) is 0 Å². The van der Waals surface area contributed by atoms with E-state index in [4.69, 9.17) is 9.15 Å². The van der Waals surface area contributed by atoms with Gasteiger partial charge < -0.3 is 14.1 Å². The van der Waals surface area contributed by atoms with Gasteiger partial charge in [-0.3, -0.25) is 10.1 Å². The number of ether oxygens (including phenoxy) is 1. The fourth-order valence-electron chi connectivity index (χ4n) is 2.42. The fourth-order valence-corrected chi connectivity index (χ4v) is 2.42. The number of hydrogen-bond donors (Lipinski definition) is 0. The zero-order valence-corrected chi connectivity index (χ0v) is 11.1. The number of nitro groups is 1. The second-order valence-corrected chi connectivity index (χ2v) is 4.71. The van der Waals surface area contributed by atoms with E-state index in [2.05, 4.69) is 0 Å². The maximum atomic E-state index is 13.2. The average molecular weight is 292 g/mol. The molecule has 0 aliphatic carbocycles. The number of anilines is 1. The van der Waals surface area contributed by atoms with Crippen molar-refractivity contribution in [3.63, 3.8) is 0 Å². The van der Waals surface area contributed by atoms with E-state index in [0.29, 0.717) is 31.1 Å². The van der Waals surface area contributed by atoms with Crippen LogP contribution < -0.4 is 4.90 Å². The minimum atomic E-state index is -0.624. The minimum absolute atomic E-state index is 0.241. The van der Waals surface area contributed by atoms with Crippen LogP contribution in [0.4, 0.5) is 15.8 Å². The molecule has 0 radical (unpaired) electrons. The first kappa shape index (κ1) is 13.6. The Bertz CT molecular complexity index is 644. The Labute approximate surface area is 119 Å². The van der Waals surface area contributed by atoms with Gasteiger partial charge in [-0.05, 0) is 24.3 Å². The molecule has 1 atom stereocenters. The van der Waals surface area contributed by atoms with Crippen LogP contribution in [0.1, 0.15) is 11.9 Å². The molecule has 7 heteroatoms. The van der Waals surface area contributed by atoms with Crippen LogP contribution in [0.25, 0.3) is 0 Å². The summed E-state index contributed by atoms with van der Waals surface area (Å²) in [4.78, 5) is 12.3. The Morgan fingerprint density at radius 1 is 1.38 bits per heavy atom. The highest BCUT2D eigenvalue weighted by molar-refractivity contribution is 5.63. The Morgan fingerprint density at radius 2 is 2.24 bits per heavy atom. The monoisotopic (exact) mass is 292 g/mol. The summed E-state index contributed by atoms with van der Waals surface area (Å²) in [6, 6.07) is 7.15. The molecule has 6 nitrogen and oxygen atoms in total. The molecule has 0 amide bonds. The van der Waals surface area contributed by atoms with E-state index in [-0.39, 0.29) is 11.8 Å². The maximum Gasteiger partial charge on any atom is 0.295 e. The van der Waals surface area contributed by atoms with Crippen molar-refractivity contribution >= 4 is 11.4 Å². The van der Waals surface area contributed by atoms with Gasteiger partial charge in [-0.2, -0.15) is 0 Å². The molecule has 2 heterocycles. The second-order valence-electron chi connectivity index (χ2n) is 4.71. The van der Waals surface area contributed by atoms with Crippen molar-refractivity contribution in [3.05, 3.63) is 58.3 Å². The minimum Gasteiger partial charge on any atom is -0.467 e. The molecule has 1 saturated heterocycles. The Balaban J connectivity index is 1.88. The summed E-state index contributed by atoms with van der Waals surface area (Å²) in [5.74, 6) is 0.0470. The van der Waals surface area contributed by atoms with Crippen molar-refractivity contribution < 1.29 is 18.5 Å². The van der Waals surface area contributed by atoms with E-state index in [1.165, 1.54) is 12.1 Å². The number of hydrogen-bond acceptors (Lipinski definition) is 5. The molecule has 21 heavy (non-hydrogen) atoms. The Morgan fingerprint density at radius 3 is 2.95 bits per heavy atom. The molecule has 0 saturated carbocycles. The predicted molar refractivity (Wildman–Crippen MR) is 72.7 cm³/mol. The molecule has 1 aromatic heterocycles. The van der Waals surface area contributed by atoms with Gasteiger partial charge in [0.2, 0.25) is 0 Å². The van der Waals surface area contributed by atoms with Gasteiger partial charge in [-0.25, -0.2) is 4.39 Å². The molecule has 0 bridgehead atoms. The topological polar surface area (TPSA) is 68.8 Å². The quantitative estimate of drug-likeness (QED) is 0.642. The van der Waals surface area contributed by atoms with Crippen LogP contribution in [-0.4, -0.2) is 24.6 Å². The molecule has 3 rings (SSSR count). The predicted octanol–water partition coefficient (Wildman–Crippen LogP) is 2.90. The number of furan rings is 1. The summed E-state index contributed by atoms with van der Waals surface area (Å²) in [5.41, 5.74) is 0.149. The number of halogens is 1. The van der Waals surface area contributed by atoms with Crippen LogP contribution >= 0.6 is 0 Å². The van der Waals surface area contributed by atoms with Gasteiger partial charge in [-0.15, -0.1) is 0 Å². The van der Waals surface area contributed by atoms with Crippen LogP contribution in [0.2, 0.25) is 0 Å². The highest BCUT2D eigenvalue weighted by Gasteiger charge is 2.28. The summed E-state index contributed by atoms with van der Waals surface area (Å²) < 4.78 is 24.1. The average Bonchev–Trinajstić information content (AvgIpc) is 3.01. The lowest BCUT2D eigenvalue weighted by atomic mass is 10.1. The van der Waals surface area contributed by atoms with Crippen molar-refractivity contribution in [2.45, 2.75) is 6.10 Å². The van der Waals surface area contributed by atoms with Crippen LogP contribution in [0.15, 0.2) is 41.0 Å². The van der Waals surface area contributed by atoms with Crippen molar-refractivity contribution in [1.29, 1.82) is 0 Å². The summed E-state index contributed by atoms with van der Waals surface area (Å²) >= 11 is 0. The van der Waals surface area contributed by atoms with Crippen LogP contribution in [0.3, 0.4) is 0 Å². The molecule has 1 aliphatic heterocycles. The van der Waals surface area contributed by atoms with Gasteiger partial charge in [-0.1, -0.05) is 0 Å². The van der Waals surface area contributed by atoms with E-state index in [1.807, 2.05) is 4.90 Å². The standard InChI is InChI=1S/C14H13FN2O4/c15-10-3-4-11(12(8-10)17(18)19)16-5-7-21-14(9-16)13-2-1-6-20-13/h1-4,6,8,14H,5,7,9H2. The van der Waals surface area contributed by atoms with Gasteiger partial charge in [0.1, 0.15) is 23.4 Å².